The van der Waals surface area contributed by atoms with Gasteiger partial charge < -0.3 is 4.74 Å². The van der Waals surface area contributed by atoms with Crippen LogP contribution in [0, 0.1) is 6.92 Å². The number of aryl methyl sites for hydroxylation is 1. The monoisotopic (exact) mass is 210 g/mol. The molecule has 2 heterocycles. The molecule has 0 atom stereocenters. The Balaban J connectivity index is 1.95. The second-order valence-corrected chi connectivity index (χ2v) is 4.23. The van der Waals surface area contributed by atoms with Crippen molar-refractivity contribution in [2.45, 2.75) is 6.92 Å². The number of hydrazone groups is 1. The highest BCUT2D eigenvalue weighted by molar-refractivity contribution is 7.11. The molecule has 0 aliphatic carbocycles. The number of rotatable bonds is 2. The number of hydrogen-bond donors (Lipinski definition) is 0. The molecule has 1 fully saturated rings. The van der Waals surface area contributed by atoms with Gasteiger partial charge in [-0.15, -0.1) is 11.3 Å². The summed E-state index contributed by atoms with van der Waals surface area (Å²) in [6.07, 6.45) is 1.95. The van der Waals surface area contributed by atoms with E-state index in [1.807, 2.05) is 6.21 Å². The normalized spacial score (nSPS) is 17.9. The van der Waals surface area contributed by atoms with Gasteiger partial charge >= 0.3 is 0 Å². The molecule has 0 aromatic carbocycles. The van der Waals surface area contributed by atoms with Gasteiger partial charge in [-0.1, -0.05) is 0 Å². The zero-order valence-electron chi connectivity index (χ0n) is 8.27. The number of morpholine rings is 1. The second-order valence-electron chi connectivity index (χ2n) is 3.28. The quantitative estimate of drug-likeness (QED) is 0.694. The van der Waals surface area contributed by atoms with Crippen LogP contribution in [0.2, 0.25) is 0 Å². The maximum absolute atomic E-state index is 5.25. The van der Waals surface area contributed by atoms with E-state index >= 15 is 0 Å². The highest BCUT2D eigenvalue weighted by atomic mass is 32.1. The lowest BCUT2D eigenvalue weighted by Crippen LogP contribution is -2.32. The summed E-state index contributed by atoms with van der Waals surface area (Å²) in [5, 5.41) is 8.58. The molecule has 1 aliphatic heterocycles. The molecule has 1 aromatic rings. The molecule has 0 unspecified atom stereocenters. The molecule has 1 aliphatic rings. The summed E-state index contributed by atoms with van der Waals surface area (Å²) < 4.78 is 5.25. The van der Waals surface area contributed by atoms with Gasteiger partial charge in [-0.2, -0.15) is 5.10 Å². The summed E-state index contributed by atoms with van der Waals surface area (Å²) in [4.78, 5) is 1.25. The summed E-state index contributed by atoms with van der Waals surface area (Å²) in [5.74, 6) is 0. The van der Waals surface area contributed by atoms with Gasteiger partial charge in [-0.05, 0) is 23.9 Å². The lowest BCUT2D eigenvalue weighted by molar-refractivity contribution is 0.0397. The smallest absolute Gasteiger partial charge is 0.0659 e. The molecule has 76 valence electrons. The van der Waals surface area contributed by atoms with Crippen LogP contribution in [0.1, 0.15) is 10.4 Å². The first kappa shape index (κ1) is 9.68. The Labute approximate surface area is 88.0 Å². The third kappa shape index (κ3) is 2.33. The molecule has 0 saturated carbocycles. The predicted octanol–water partition coefficient (Wildman–Crippen LogP) is 1.72. The fourth-order valence-corrected chi connectivity index (χ4v) is 2.10. The highest BCUT2D eigenvalue weighted by Crippen LogP contribution is 2.12. The van der Waals surface area contributed by atoms with Crippen molar-refractivity contribution in [3.8, 4) is 0 Å². The van der Waals surface area contributed by atoms with Crippen molar-refractivity contribution >= 4 is 17.6 Å². The van der Waals surface area contributed by atoms with Crippen LogP contribution in [0.5, 0.6) is 0 Å². The molecule has 0 spiro atoms. The molecule has 0 N–H and O–H groups in total. The van der Waals surface area contributed by atoms with E-state index in [1.54, 1.807) is 11.3 Å². The van der Waals surface area contributed by atoms with Gasteiger partial charge in [-0.3, -0.25) is 5.01 Å². The van der Waals surface area contributed by atoms with Crippen LogP contribution in [0.15, 0.2) is 16.5 Å². The molecule has 0 bridgehead atoms. The standard InChI is InChI=1S/C10H14N2OS/c1-9-2-7-14-10(9)8-11-12-3-5-13-6-4-12/h2,7-8H,3-6H2,1H3/b11-8-. The Morgan fingerprint density at radius 1 is 1.50 bits per heavy atom. The largest absolute Gasteiger partial charge is 0.378 e. The summed E-state index contributed by atoms with van der Waals surface area (Å²) in [6.45, 7) is 5.50. The van der Waals surface area contributed by atoms with E-state index in [1.165, 1.54) is 10.4 Å². The third-order valence-corrected chi connectivity index (χ3v) is 3.18. The summed E-state index contributed by atoms with van der Waals surface area (Å²) in [6, 6.07) is 2.12. The van der Waals surface area contributed by atoms with E-state index < -0.39 is 0 Å². The van der Waals surface area contributed by atoms with Gasteiger partial charge in [0.2, 0.25) is 0 Å². The van der Waals surface area contributed by atoms with Crippen molar-refractivity contribution < 1.29 is 4.74 Å². The molecule has 1 aromatic heterocycles. The summed E-state index contributed by atoms with van der Waals surface area (Å²) in [7, 11) is 0. The topological polar surface area (TPSA) is 24.8 Å². The van der Waals surface area contributed by atoms with Crippen molar-refractivity contribution in [1.82, 2.24) is 5.01 Å². The van der Waals surface area contributed by atoms with Crippen LogP contribution >= 0.6 is 11.3 Å². The lowest BCUT2D eigenvalue weighted by atomic mass is 10.3. The van der Waals surface area contributed by atoms with Crippen LogP contribution in [0.4, 0.5) is 0 Å². The Morgan fingerprint density at radius 2 is 2.29 bits per heavy atom. The lowest BCUT2D eigenvalue weighted by Gasteiger charge is -2.23. The van der Waals surface area contributed by atoms with E-state index in [2.05, 4.69) is 28.5 Å². The maximum atomic E-state index is 5.25. The molecule has 14 heavy (non-hydrogen) atoms. The highest BCUT2D eigenvalue weighted by Gasteiger charge is 2.06. The van der Waals surface area contributed by atoms with Crippen LogP contribution in [-0.2, 0) is 4.74 Å². The van der Waals surface area contributed by atoms with E-state index in [-0.39, 0.29) is 0 Å². The fourth-order valence-electron chi connectivity index (χ4n) is 1.32. The summed E-state index contributed by atoms with van der Waals surface area (Å²) >= 11 is 1.73. The Kier molecular flexibility index (Phi) is 3.16. The third-order valence-electron chi connectivity index (χ3n) is 2.23. The number of thiophene rings is 1. The van der Waals surface area contributed by atoms with Gasteiger partial charge in [0.25, 0.3) is 0 Å². The average Bonchev–Trinajstić information content (AvgIpc) is 2.63. The minimum Gasteiger partial charge on any atom is -0.378 e. The number of nitrogens with zero attached hydrogens (tertiary/aromatic N) is 2. The molecule has 0 radical (unpaired) electrons. The van der Waals surface area contributed by atoms with Crippen molar-refractivity contribution in [3.63, 3.8) is 0 Å². The van der Waals surface area contributed by atoms with E-state index in [0.717, 1.165) is 26.3 Å². The van der Waals surface area contributed by atoms with Crippen molar-refractivity contribution in [2.24, 2.45) is 5.10 Å². The minimum atomic E-state index is 0.792. The summed E-state index contributed by atoms with van der Waals surface area (Å²) in [5.41, 5.74) is 1.30. The first-order chi connectivity index (χ1) is 6.86. The van der Waals surface area contributed by atoms with Gasteiger partial charge in [0, 0.05) is 4.88 Å². The minimum absolute atomic E-state index is 0.792. The van der Waals surface area contributed by atoms with E-state index in [4.69, 9.17) is 4.74 Å². The van der Waals surface area contributed by atoms with Crippen molar-refractivity contribution in [1.29, 1.82) is 0 Å². The predicted molar refractivity (Wildman–Crippen MR) is 59.0 cm³/mol. The van der Waals surface area contributed by atoms with Gasteiger partial charge in [0.05, 0.1) is 32.5 Å². The zero-order chi connectivity index (χ0) is 9.80. The molecular weight excluding hydrogens is 196 g/mol. The van der Waals surface area contributed by atoms with E-state index in [9.17, 15) is 0 Å². The molecule has 0 amide bonds. The molecule has 4 heteroatoms. The average molecular weight is 210 g/mol. The molecule has 3 nitrogen and oxygen atoms in total. The van der Waals surface area contributed by atoms with Crippen LogP contribution in [0.25, 0.3) is 0 Å². The Hall–Kier alpha value is -0.870. The fraction of sp³-hybridized carbons (Fsp3) is 0.500. The number of hydrogen-bond acceptors (Lipinski definition) is 4. The van der Waals surface area contributed by atoms with Crippen molar-refractivity contribution in [3.05, 3.63) is 21.9 Å². The maximum Gasteiger partial charge on any atom is 0.0659 e. The first-order valence-electron chi connectivity index (χ1n) is 4.77. The van der Waals surface area contributed by atoms with Gasteiger partial charge in [0.1, 0.15) is 0 Å². The molecular formula is C10H14N2OS. The van der Waals surface area contributed by atoms with Crippen molar-refractivity contribution in [2.75, 3.05) is 26.3 Å². The van der Waals surface area contributed by atoms with Gasteiger partial charge in [-0.25, -0.2) is 0 Å². The van der Waals surface area contributed by atoms with Crippen LogP contribution < -0.4 is 0 Å². The van der Waals surface area contributed by atoms with Gasteiger partial charge in [0.15, 0.2) is 0 Å². The Bertz CT molecular complexity index is 316. The second kappa shape index (κ2) is 4.57. The number of ether oxygens (including phenoxy) is 1. The molecule has 2 rings (SSSR count). The Morgan fingerprint density at radius 3 is 2.93 bits per heavy atom. The molecule has 1 saturated heterocycles. The SMILES string of the molecule is Cc1ccsc1/C=N\N1CCOCC1. The van der Waals surface area contributed by atoms with Crippen LogP contribution in [0.3, 0.4) is 0 Å². The van der Waals surface area contributed by atoms with E-state index in [0.29, 0.717) is 0 Å². The first-order valence-corrected chi connectivity index (χ1v) is 5.65. The zero-order valence-corrected chi connectivity index (χ0v) is 9.09. The van der Waals surface area contributed by atoms with Crippen LogP contribution in [-0.4, -0.2) is 37.5 Å².